The van der Waals surface area contributed by atoms with Crippen LogP contribution in [0.15, 0.2) is 12.7 Å². The number of thiol groups is 1. The molecule has 1 fully saturated rings. The average molecular weight is 235 g/mol. The Bertz CT molecular complexity index is 268. The van der Waals surface area contributed by atoms with Gasteiger partial charge in [-0.05, 0) is 6.92 Å². The SMILES string of the molecule is C=CCC(=O)[C@@H]1CC(F)(F)CN1C(C)S. The van der Waals surface area contributed by atoms with Crippen LogP contribution in [0.4, 0.5) is 8.78 Å². The number of carbonyl (C=O) groups is 1. The topological polar surface area (TPSA) is 20.3 Å². The first-order valence-electron chi connectivity index (χ1n) is 4.82. The lowest BCUT2D eigenvalue weighted by molar-refractivity contribution is -0.122. The third-order valence-corrected chi connectivity index (χ3v) is 2.80. The molecule has 86 valence electrons. The summed E-state index contributed by atoms with van der Waals surface area (Å²) in [5.74, 6) is -2.98. The fourth-order valence-electron chi connectivity index (χ4n) is 1.81. The lowest BCUT2D eigenvalue weighted by Gasteiger charge is -2.25. The van der Waals surface area contributed by atoms with Gasteiger partial charge in [-0.15, -0.1) is 6.58 Å². The molecule has 0 N–H and O–H groups in total. The Morgan fingerprint density at radius 1 is 1.80 bits per heavy atom. The predicted molar refractivity (Wildman–Crippen MR) is 58.3 cm³/mol. The van der Waals surface area contributed by atoms with Gasteiger partial charge in [-0.3, -0.25) is 9.69 Å². The number of allylic oxidation sites excluding steroid dienone is 1. The van der Waals surface area contributed by atoms with Crippen molar-refractivity contribution in [3.05, 3.63) is 12.7 Å². The zero-order valence-corrected chi connectivity index (χ0v) is 9.51. The van der Waals surface area contributed by atoms with Gasteiger partial charge in [0, 0.05) is 12.8 Å². The van der Waals surface area contributed by atoms with Gasteiger partial charge in [-0.1, -0.05) is 6.08 Å². The van der Waals surface area contributed by atoms with Crippen LogP contribution in [0.3, 0.4) is 0 Å². The number of rotatable bonds is 4. The number of likely N-dealkylation sites (tertiary alicyclic amines) is 1. The summed E-state index contributed by atoms with van der Waals surface area (Å²) in [6.45, 7) is 4.74. The molecule has 0 spiro atoms. The second-order valence-corrected chi connectivity index (χ2v) is 4.59. The molecule has 1 aliphatic heterocycles. The first kappa shape index (κ1) is 12.6. The van der Waals surface area contributed by atoms with Crippen LogP contribution in [0.25, 0.3) is 0 Å². The molecule has 1 unspecified atom stereocenters. The smallest absolute Gasteiger partial charge is 0.262 e. The van der Waals surface area contributed by atoms with Gasteiger partial charge < -0.3 is 0 Å². The van der Waals surface area contributed by atoms with Crippen LogP contribution in [0.5, 0.6) is 0 Å². The van der Waals surface area contributed by atoms with E-state index < -0.39 is 18.4 Å². The van der Waals surface area contributed by atoms with Gasteiger partial charge in [0.15, 0.2) is 5.78 Å². The molecule has 2 atom stereocenters. The quantitative estimate of drug-likeness (QED) is 0.595. The maximum absolute atomic E-state index is 13.2. The summed E-state index contributed by atoms with van der Waals surface area (Å²) in [6, 6.07) is -0.717. The molecule has 15 heavy (non-hydrogen) atoms. The Kier molecular flexibility index (Phi) is 3.89. The highest BCUT2D eigenvalue weighted by Crippen LogP contribution is 2.34. The van der Waals surface area contributed by atoms with Gasteiger partial charge in [0.2, 0.25) is 0 Å². The van der Waals surface area contributed by atoms with Crippen molar-refractivity contribution in [2.75, 3.05) is 6.54 Å². The van der Waals surface area contributed by atoms with Gasteiger partial charge in [-0.25, -0.2) is 8.78 Å². The fraction of sp³-hybridized carbons (Fsp3) is 0.700. The summed E-state index contributed by atoms with van der Waals surface area (Å²) in [6.07, 6.45) is 1.18. The summed E-state index contributed by atoms with van der Waals surface area (Å²) in [7, 11) is 0. The van der Waals surface area contributed by atoms with Gasteiger partial charge in [0.1, 0.15) is 0 Å². The van der Waals surface area contributed by atoms with Gasteiger partial charge in [-0.2, -0.15) is 12.6 Å². The standard InChI is InChI=1S/C10H15F2NOS/c1-3-4-9(14)8-5-10(11,12)6-13(8)7(2)15/h3,7-8,15H,1,4-6H2,2H3/t7?,8-/m0/s1. The zero-order valence-electron chi connectivity index (χ0n) is 8.62. The normalized spacial score (nSPS) is 27.6. The van der Waals surface area contributed by atoms with Crippen molar-refractivity contribution in [3.63, 3.8) is 0 Å². The largest absolute Gasteiger partial charge is 0.298 e. The first-order chi connectivity index (χ1) is 6.87. The van der Waals surface area contributed by atoms with Crippen molar-refractivity contribution >= 4 is 18.4 Å². The Labute approximate surface area is 93.7 Å². The molecule has 1 rings (SSSR count). The van der Waals surface area contributed by atoms with E-state index in [1.54, 1.807) is 6.92 Å². The van der Waals surface area contributed by atoms with Crippen molar-refractivity contribution in [2.45, 2.75) is 37.1 Å². The number of alkyl halides is 2. The van der Waals surface area contributed by atoms with Gasteiger partial charge >= 0.3 is 0 Å². The molecule has 0 aromatic carbocycles. The summed E-state index contributed by atoms with van der Waals surface area (Å²) < 4.78 is 26.3. The van der Waals surface area contributed by atoms with Crippen LogP contribution in [0, 0.1) is 0 Å². The molecule has 2 nitrogen and oxygen atoms in total. The lowest BCUT2D eigenvalue weighted by atomic mass is 10.1. The Morgan fingerprint density at radius 3 is 2.87 bits per heavy atom. The zero-order chi connectivity index (χ0) is 11.6. The third kappa shape index (κ3) is 3.01. The molecule has 0 aliphatic carbocycles. The highest BCUT2D eigenvalue weighted by atomic mass is 32.1. The summed E-state index contributed by atoms with van der Waals surface area (Å²) in [5.41, 5.74) is 0. The van der Waals surface area contributed by atoms with Crippen LogP contribution >= 0.6 is 12.6 Å². The van der Waals surface area contributed by atoms with E-state index in [4.69, 9.17) is 0 Å². The Hall–Kier alpha value is -0.420. The van der Waals surface area contributed by atoms with Gasteiger partial charge in [0.25, 0.3) is 5.92 Å². The van der Waals surface area contributed by atoms with Crippen molar-refractivity contribution in [3.8, 4) is 0 Å². The number of hydrogen-bond donors (Lipinski definition) is 1. The van der Waals surface area contributed by atoms with Crippen LogP contribution in [-0.2, 0) is 4.79 Å². The predicted octanol–water partition coefficient (Wildman–Crippen LogP) is 2.12. The monoisotopic (exact) mass is 235 g/mol. The van der Waals surface area contributed by atoms with E-state index in [1.165, 1.54) is 11.0 Å². The van der Waals surface area contributed by atoms with Crippen molar-refractivity contribution in [1.82, 2.24) is 4.90 Å². The maximum Gasteiger partial charge on any atom is 0.262 e. The van der Waals surface area contributed by atoms with Gasteiger partial charge in [0.05, 0.1) is 18.0 Å². The molecule has 0 bridgehead atoms. The molecule has 0 saturated carbocycles. The summed E-state index contributed by atoms with van der Waals surface area (Å²) >= 11 is 4.11. The maximum atomic E-state index is 13.2. The number of ketones is 1. The molecule has 0 amide bonds. The minimum Gasteiger partial charge on any atom is -0.298 e. The molecule has 1 saturated heterocycles. The molecule has 5 heteroatoms. The number of nitrogens with zero attached hydrogens (tertiary/aromatic N) is 1. The van der Waals surface area contributed by atoms with E-state index in [0.29, 0.717) is 0 Å². The first-order valence-corrected chi connectivity index (χ1v) is 5.34. The molecule has 0 aromatic rings. The van der Waals surface area contributed by atoms with E-state index in [2.05, 4.69) is 19.2 Å². The van der Waals surface area contributed by atoms with E-state index in [9.17, 15) is 13.6 Å². The summed E-state index contributed by atoms with van der Waals surface area (Å²) in [5, 5.41) is -0.336. The molecule has 1 heterocycles. The second-order valence-electron chi connectivity index (χ2n) is 3.84. The van der Waals surface area contributed by atoms with Crippen LogP contribution in [0.1, 0.15) is 19.8 Å². The third-order valence-electron chi connectivity index (χ3n) is 2.50. The van der Waals surface area contributed by atoms with Crippen LogP contribution in [-0.4, -0.2) is 34.6 Å². The van der Waals surface area contributed by atoms with Crippen LogP contribution < -0.4 is 0 Å². The average Bonchev–Trinajstić information content (AvgIpc) is 2.42. The highest BCUT2D eigenvalue weighted by molar-refractivity contribution is 7.80. The van der Waals surface area contributed by atoms with E-state index in [0.717, 1.165) is 0 Å². The van der Waals surface area contributed by atoms with Crippen LogP contribution in [0.2, 0.25) is 0 Å². The summed E-state index contributed by atoms with van der Waals surface area (Å²) in [4.78, 5) is 13.0. The fourth-order valence-corrected chi connectivity index (χ4v) is 2.05. The minimum atomic E-state index is -2.78. The van der Waals surface area contributed by atoms with Crippen molar-refractivity contribution < 1.29 is 13.6 Å². The number of halogens is 2. The number of Topliss-reactive ketones (excluding diaryl/α,β-unsaturated/α-hetero) is 1. The minimum absolute atomic E-state index is 0.137. The second kappa shape index (κ2) is 4.61. The Balaban J connectivity index is 2.77. The molecular weight excluding hydrogens is 220 g/mol. The highest BCUT2D eigenvalue weighted by Gasteiger charge is 2.48. The van der Waals surface area contributed by atoms with Crippen molar-refractivity contribution in [1.29, 1.82) is 0 Å². The number of hydrogen-bond acceptors (Lipinski definition) is 3. The van der Waals surface area contributed by atoms with Crippen molar-refractivity contribution in [2.24, 2.45) is 0 Å². The Morgan fingerprint density at radius 2 is 2.40 bits per heavy atom. The molecular formula is C10H15F2NOS. The van der Waals surface area contributed by atoms with E-state index >= 15 is 0 Å². The van der Waals surface area contributed by atoms with E-state index in [1.807, 2.05) is 0 Å². The molecule has 1 aliphatic rings. The molecule has 0 aromatic heterocycles. The molecule has 0 radical (unpaired) electrons. The van der Waals surface area contributed by atoms with E-state index in [-0.39, 0.29) is 24.1 Å². The number of carbonyl (C=O) groups excluding carboxylic acids is 1. The lowest BCUT2D eigenvalue weighted by Crippen LogP contribution is -2.39.